The Balaban J connectivity index is 1.84. The summed E-state index contributed by atoms with van der Waals surface area (Å²) >= 11 is 0. The Labute approximate surface area is 130 Å². The standard InChI is InChI=1S/C16H21N5O/c1-12(13-4-3-5-17-10-13)16(22)21-9-6-18-11-14(21)15-19-7-8-20(15)2/h3-5,7-8,10,12,14,18H,6,9,11H2,1-2H3. The molecule has 6 heteroatoms. The van der Waals surface area contributed by atoms with E-state index < -0.39 is 0 Å². The van der Waals surface area contributed by atoms with Crippen LogP contribution in [0.5, 0.6) is 0 Å². The number of imidazole rings is 1. The minimum atomic E-state index is -0.199. The van der Waals surface area contributed by atoms with Gasteiger partial charge >= 0.3 is 0 Å². The quantitative estimate of drug-likeness (QED) is 0.921. The number of pyridine rings is 1. The number of rotatable bonds is 3. The summed E-state index contributed by atoms with van der Waals surface area (Å²) in [7, 11) is 1.96. The van der Waals surface area contributed by atoms with Crippen molar-refractivity contribution in [3.05, 3.63) is 48.3 Å². The molecule has 0 spiro atoms. The number of nitrogens with zero attached hydrogens (tertiary/aromatic N) is 4. The fourth-order valence-electron chi connectivity index (χ4n) is 2.92. The van der Waals surface area contributed by atoms with Gasteiger partial charge in [0, 0.05) is 51.5 Å². The highest BCUT2D eigenvalue weighted by Gasteiger charge is 2.33. The van der Waals surface area contributed by atoms with Crippen molar-refractivity contribution >= 4 is 5.91 Å². The number of nitrogens with one attached hydrogen (secondary N) is 1. The highest BCUT2D eigenvalue weighted by Crippen LogP contribution is 2.25. The molecule has 1 aliphatic rings. The lowest BCUT2D eigenvalue weighted by molar-refractivity contribution is -0.136. The van der Waals surface area contributed by atoms with Crippen LogP contribution in [0, 0.1) is 0 Å². The zero-order valence-corrected chi connectivity index (χ0v) is 12.9. The SMILES string of the molecule is CC(C(=O)N1CCNCC1c1nccn1C)c1cccnc1. The minimum Gasteiger partial charge on any atom is -0.336 e. The van der Waals surface area contributed by atoms with Crippen molar-refractivity contribution in [1.82, 2.24) is 24.8 Å². The van der Waals surface area contributed by atoms with Crippen LogP contribution < -0.4 is 5.32 Å². The summed E-state index contributed by atoms with van der Waals surface area (Å²) in [5.41, 5.74) is 0.949. The molecule has 6 nitrogen and oxygen atoms in total. The van der Waals surface area contributed by atoms with Crippen molar-refractivity contribution in [3.63, 3.8) is 0 Å². The summed E-state index contributed by atoms with van der Waals surface area (Å²) in [6.45, 7) is 4.18. The highest BCUT2D eigenvalue weighted by molar-refractivity contribution is 5.83. The third-order valence-corrected chi connectivity index (χ3v) is 4.24. The van der Waals surface area contributed by atoms with Gasteiger partial charge in [0.1, 0.15) is 11.9 Å². The number of hydrogen-bond acceptors (Lipinski definition) is 4. The molecule has 0 bridgehead atoms. The van der Waals surface area contributed by atoms with E-state index in [0.717, 1.165) is 24.5 Å². The number of carbonyl (C=O) groups is 1. The summed E-state index contributed by atoms with van der Waals surface area (Å²) < 4.78 is 1.98. The third kappa shape index (κ3) is 2.74. The van der Waals surface area contributed by atoms with Crippen molar-refractivity contribution in [3.8, 4) is 0 Å². The molecule has 22 heavy (non-hydrogen) atoms. The van der Waals surface area contributed by atoms with Crippen LogP contribution in [-0.4, -0.2) is 45.0 Å². The molecule has 116 valence electrons. The molecule has 0 radical (unpaired) electrons. The number of aromatic nitrogens is 3. The number of amides is 1. The van der Waals surface area contributed by atoms with Crippen LogP contribution in [0.25, 0.3) is 0 Å². The maximum atomic E-state index is 12.9. The van der Waals surface area contributed by atoms with Gasteiger partial charge in [-0.1, -0.05) is 6.07 Å². The van der Waals surface area contributed by atoms with Gasteiger partial charge in [-0.3, -0.25) is 9.78 Å². The second kappa shape index (κ2) is 6.27. The molecular formula is C16H21N5O. The van der Waals surface area contributed by atoms with Gasteiger partial charge in [-0.05, 0) is 18.6 Å². The van der Waals surface area contributed by atoms with E-state index in [4.69, 9.17) is 0 Å². The van der Waals surface area contributed by atoms with E-state index in [9.17, 15) is 4.79 Å². The van der Waals surface area contributed by atoms with Crippen LogP contribution in [0.1, 0.15) is 30.3 Å². The zero-order valence-electron chi connectivity index (χ0n) is 12.9. The fourth-order valence-corrected chi connectivity index (χ4v) is 2.92. The topological polar surface area (TPSA) is 63.1 Å². The highest BCUT2D eigenvalue weighted by atomic mass is 16.2. The summed E-state index contributed by atoms with van der Waals surface area (Å²) in [5.74, 6) is 0.844. The first kappa shape index (κ1) is 14.7. The zero-order chi connectivity index (χ0) is 15.5. The van der Waals surface area contributed by atoms with Crippen LogP contribution in [-0.2, 0) is 11.8 Å². The first-order valence-corrected chi connectivity index (χ1v) is 7.57. The van der Waals surface area contributed by atoms with Crippen molar-refractivity contribution in [2.75, 3.05) is 19.6 Å². The number of aryl methyl sites for hydroxylation is 1. The molecule has 1 amide bonds. The summed E-state index contributed by atoms with van der Waals surface area (Å²) in [6, 6.07) is 3.79. The van der Waals surface area contributed by atoms with Gasteiger partial charge in [0.2, 0.25) is 5.91 Å². The first-order valence-electron chi connectivity index (χ1n) is 7.57. The maximum absolute atomic E-state index is 12.9. The third-order valence-electron chi connectivity index (χ3n) is 4.24. The van der Waals surface area contributed by atoms with Gasteiger partial charge < -0.3 is 14.8 Å². The lowest BCUT2D eigenvalue weighted by Gasteiger charge is -2.37. The Morgan fingerprint density at radius 1 is 1.45 bits per heavy atom. The maximum Gasteiger partial charge on any atom is 0.230 e. The largest absolute Gasteiger partial charge is 0.336 e. The molecule has 1 aliphatic heterocycles. The van der Waals surface area contributed by atoms with E-state index in [1.807, 2.05) is 41.8 Å². The van der Waals surface area contributed by atoms with Gasteiger partial charge in [0.05, 0.1) is 5.92 Å². The van der Waals surface area contributed by atoms with E-state index in [-0.39, 0.29) is 17.9 Å². The minimum absolute atomic E-state index is 0.0274. The Kier molecular flexibility index (Phi) is 4.20. The molecule has 3 rings (SSSR count). The molecule has 0 aliphatic carbocycles. The van der Waals surface area contributed by atoms with Crippen LogP contribution in [0.15, 0.2) is 36.9 Å². The molecule has 1 N–H and O–H groups in total. The van der Waals surface area contributed by atoms with E-state index in [0.29, 0.717) is 6.54 Å². The average molecular weight is 299 g/mol. The second-order valence-electron chi connectivity index (χ2n) is 5.66. The summed E-state index contributed by atoms with van der Waals surface area (Å²) in [4.78, 5) is 23.4. The Bertz CT molecular complexity index is 639. The Hall–Kier alpha value is -2.21. The van der Waals surface area contributed by atoms with Crippen LogP contribution in [0.4, 0.5) is 0 Å². The molecule has 0 saturated carbocycles. The molecular weight excluding hydrogens is 278 g/mol. The molecule has 2 aromatic rings. The Morgan fingerprint density at radius 3 is 3.00 bits per heavy atom. The van der Waals surface area contributed by atoms with Gasteiger partial charge in [-0.25, -0.2) is 4.98 Å². The van der Waals surface area contributed by atoms with Crippen LogP contribution >= 0.6 is 0 Å². The molecule has 0 aromatic carbocycles. The molecule has 1 saturated heterocycles. The average Bonchev–Trinajstić information content (AvgIpc) is 3.00. The van der Waals surface area contributed by atoms with Crippen molar-refractivity contribution < 1.29 is 4.79 Å². The molecule has 1 fully saturated rings. The van der Waals surface area contributed by atoms with E-state index in [2.05, 4.69) is 15.3 Å². The van der Waals surface area contributed by atoms with Crippen molar-refractivity contribution in [2.24, 2.45) is 7.05 Å². The van der Waals surface area contributed by atoms with Crippen LogP contribution in [0.3, 0.4) is 0 Å². The Morgan fingerprint density at radius 2 is 2.32 bits per heavy atom. The lowest BCUT2D eigenvalue weighted by Crippen LogP contribution is -2.50. The predicted octanol–water partition coefficient (Wildman–Crippen LogP) is 1.09. The van der Waals surface area contributed by atoms with Gasteiger partial charge in [0.25, 0.3) is 0 Å². The molecule has 2 aromatic heterocycles. The van der Waals surface area contributed by atoms with Crippen molar-refractivity contribution in [1.29, 1.82) is 0 Å². The number of hydrogen-bond donors (Lipinski definition) is 1. The molecule has 2 atom stereocenters. The van der Waals surface area contributed by atoms with Gasteiger partial charge in [-0.15, -0.1) is 0 Å². The molecule has 3 heterocycles. The first-order chi connectivity index (χ1) is 10.7. The van der Waals surface area contributed by atoms with E-state index in [1.54, 1.807) is 18.6 Å². The normalized spacial score (nSPS) is 19.9. The second-order valence-corrected chi connectivity index (χ2v) is 5.66. The fraction of sp³-hybridized carbons (Fsp3) is 0.438. The van der Waals surface area contributed by atoms with Gasteiger partial charge in [-0.2, -0.15) is 0 Å². The predicted molar refractivity (Wildman–Crippen MR) is 83.2 cm³/mol. The number of piperazine rings is 1. The lowest BCUT2D eigenvalue weighted by atomic mass is 10.00. The van der Waals surface area contributed by atoms with Crippen LogP contribution in [0.2, 0.25) is 0 Å². The van der Waals surface area contributed by atoms with E-state index in [1.165, 1.54) is 0 Å². The molecule has 2 unspecified atom stereocenters. The van der Waals surface area contributed by atoms with E-state index >= 15 is 0 Å². The number of carbonyl (C=O) groups excluding carboxylic acids is 1. The monoisotopic (exact) mass is 299 g/mol. The summed E-state index contributed by atoms with van der Waals surface area (Å²) in [5, 5.41) is 3.35. The smallest absolute Gasteiger partial charge is 0.230 e. The summed E-state index contributed by atoms with van der Waals surface area (Å²) in [6.07, 6.45) is 7.18. The van der Waals surface area contributed by atoms with Crippen molar-refractivity contribution in [2.45, 2.75) is 18.9 Å². The van der Waals surface area contributed by atoms with Gasteiger partial charge in [0.15, 0.2) is 0 Å².